The summed E-state index contributed by atoms with van der Waals surface area (Å²) in [5, 5.41) is 9.59. The molecule has 0 fully saturated rings. The summed E-state index contributed by atoms with van der Waals surface area (Å²) in [5.74, 6) is 2.41. The molecule has 3 heterocycles. The van der Waals surface area contributed by atoms with Gasteiger partial charge in [-0.25, -0.2) is 4.68 Å². The second kappa shape index (κ2) is 17.7. The normalized spacial score (nSPS) is 11.4. The fourth-order valence-corrected chi connectivity index (χ4v) is 5.96. The highest BCUT2D eigenvalue weighted by Gasteiger charge is 2.10. The summed E-state index contributed by atoms with van der Waals surface area (Å²) in [6, 6.07) is 31.0. The zero-order valence-electron chi connectivity index (χ0n) is 30.1. The van der Waals surface area contributed by atoms with E-state index in [4.69, 9.17) is 27.8 Å². The van der Waals surface area contributed by atoms with Crippen LogP contribution in [0.15, 0.2) is 128 Å². The average molecular weight is 728 g/mol. The molecule has 276 valence electrons. The van der Waals surface area contributed by atoms with Crippen molar-refractivity contribution in [3.05, 3.63) is 141 Å². The highest BCUT2D eigenvalue weighted by molar-refractivity contribution is 5.80. The zero-order valence-corrected chi connectivity index (χ0v) is 30.1. The first kappa shape index (κ1) is 36.3. The number of aromatic nitrogens is 3. The standard InChI is InChI=1S/C43H41N3O8/c1-30-10-17-40-37(25-30)39(48)28-42(53-40)32-11-13-34(14-12-32)52-24-23-50-22-21-49-20-18-46-29-33(44-45-46)9-5-6-19-51-35-15-16-36-38(47)27-41(54-43(36)26-35)31-7-3-2-4-8-31/h2-4,7-8,10-17,25-29H,5-6,9,18-24H2,1H3. The minimum Gasteiger partial charge on any atom is -0.493 e. The van der Waals surface area contributed by atoms with Gasteiger partial charge in [-0.1, -0.05) is 47.2 Å². The highest BCUT2D eigenvalue weighted by atomic mass is 16.5. The molecule has 0 radical (unpaired) electrons. The first-order valence-electron chi connectivity index (χ1n) is 18.1. The lowest BCUT2D eigenvalue weighted by Gasteiger charge is -2.09. The molecule has 0 unspecified atom stereocenters. The van der Waals surface area contributed by atoms with Gasteiger partial charge >= 0.3 is 0 Å². The molecule has 11 heteroatoms. The van der Waals surface area contributed by atoms with Crippen molar-refractivity contribution in [3.8, 4) is 34.1 Å². The van der Waals surface area contributed by atoms with E-state index in [0.717, 1.165) is 41.6 Å². The second-order valence-corrected chi connectivity index (χ2v) is 12.8. The van der Waals surface area contributed by atoms with Crippen LogP contribution in [0, 0.1) is 6.92 Å². The Kier molecular flexibility index (Phi) is 11.9. The van der Waals surface area contributed by atoms with Crippen LogP contribution in [0.2, 0.25) is 0 Å². The smallest absolute Gasteiger partial charge is 0.193 e. The Morgan fingerprint density at radius 2 is 1.30 bits per heavy atom. The third-order valence-corrected chi connectivity index (χ3v) is 8.80. The molecule has 3 aromatic heterocycles. The number of aryl methyl sites for hydroxylation is 2. The van der Waals surface area contributed by atoms with Crippen LogP contribution in [0.5, 0.6) is 11.5 Å². The van der Waals surface area contributed by atoms with Crippen LogP contribution in [-0.4, -0.2) is 54.6 Å². The van der Waals surface area contributed by atoms with Crippen molar-refractivity contribution in [2.75, 3.05) is 39.6 Å². The third kappa shape index (κ3) is 9.49. The Morgan fingerprint density at radius 1 is 0.611 bits per heavy atom. The SMILES string of the molecule is Cc1ccc2oc(-c3ccc(OCCOCCOCCn4cc(CCCCOc5ccc6c(=O)cc(-c7ccccc7)oc6c5)nn4)cc3)cc(=O)c2c1. The molecule has 7 rings (SSSR count). The summed E-state index contributed by atoms with van der Waals surface area (Å²) < 4.78 is 36.9. The lowest BCUT2D eigenvalue weighted by molar-refractivity contribution is 0.0333. The molecule has 0 saturated carbocycles. The van der Waals surface area contributed by atoms with Crippen molar-refractivity contribution < 1.29 is 27.8 Å². The van der Waals surface area contributed by atoms with Gasteiger partial charge in [-0.2, -0.15) is 0 Å². The summed E-state index contributed by atoms with van der Waals surface area (Å²) >= 11 is 0. The van der Waals surface area contributed by atoms with Gasteiger partial charge < -0.3 is 27.8 Å². The van der Waals surface area contributed by atoms with E-state index in [0.29, 0.717) is 91.1 Å². The Bertz CT molecular complexity index is 2420. The summed E-state index contributed by atoms with van der Waals surface area (Å²) in [6.45, 7) is 5.32. The number of fused-ring (bicyclic) bond motifs is 2. The maximum Gasteiger partial charge on any atom is 0.193 e. The number of unbranched alkanes of at least 4 members (excludes halogenated alkanes) is 1. The number of rotatable bonds is 18. The molecule has 0 bridgehead atoms. The van der Waals surface area contributed by atoms with Gasteiger partial charge in [0.1, 0.15) is 40.8 Å². The molecule has 0 aliphatic carbocycles. The minimum absolute atomic E-state index is 0.0636. The molecule has 0 spiro atoms. The largest absolute Gasteiger partial charge is 0.493 e. The van der Waals surface area contributed by atoms with E-state index in [1.54, 1.807) is 22.9 Å². The molecule has 0 aliphatic rings. The van der Waals surface area contributed by atoms with Crippen molar-refractivity contribution in [1.82, 2.24) is 15.0 Å². The highest BCUT2D eigenvalue weighted by Crippen LogP contribution is 2.26. The van der Waals surface area contributed by atoms with E-state index < -0.39 is 0 Å². The molecule has 7 aromatic rings. The van der Waals surface area contributed by atoms with E-state index in [1.807, 2.05) is 85.9 Å². The second-order valence-electron chi connectivity index (χ2n) is 12.8. The van der Waals surface area contributed by atoms with Crippen LogP contribution in [0.4, 0.5) is 0 Å². The monoisotopic (exact) mass is 727 g/mol. The first-order valence-corrected chi connectivity index (χ1v) is 18.1. The van der Waals surface area contributed by atoms with Crippen molar-refractivity contribution in [1.29, 1.82) is 0 Å². The molecule has 11 nitrogen and oxygen atoms in total. The Balaban J connectivity index is 0.737. The van der Waals surface area contributed by atoms with Crippen LogP contribution in [-0.2, 0) is 22.4 Å². The van der Waals surface area contributed by atoms with Gasteiger partial charge in [0.25, 0.3) is 0 Å². The lowest BCUT2D eigenvalue weighted by Crippen LogP contribution is -2.13. The molecule has 0 N–H and O–H groups in total. The summed E-state index contributed by atoms with van der Waals surface area (Å²) in [4.78, 5) is 25.2. The molecule has 0 saturated heterocycles. The molecular weight excluding hydrogens is 686 g/mol. The van der Waals surface area contributed by atoms with E-state index in [9.17, 15) is 9.59 Å². The van der Waals surface area contributed by atoms with Gasteiger partial charge in [0.15, 0.2) is 10.9 Å². The number of hydrogen-bond acceptors (Lipinski definition) is 10. The van der Waals surface area contributed by atoms with Gasteiger partial charge in [-0.15, -0.1) is 5.10 Å². The number of benzene rings is 4. The predicted octanol–water partition coefficient (Wildman–Crippen LogP) is 7.65. The molecule has 0 atom stereocenters. The van der Waals surface area contributed by atoms with E-state index in [-0.39, 0.29) is 10.9 Å². The minimum atomic E-state index is -0.0827. The Hall–Kier alpha value is -6.04. The number of hydrogen-bond donors (Lipinski definition) is 0. The topological polar surface area (TPSA) is 128 Å². The van der Waals surface area contributed by atoms with E-state index >= 15 is 0 Å². The van der Waals surface area contributed by atoms with Crippen molar-refractivity contribution >= 4 is 21.9 Å². The van der Waals surface area contributed by atoms with Crippen LogP contribution in [0.3, 0.4) is 0 Å². The first-order chi connectivity index (χ1) is 26.5. The third-order valence-electron chi connectivity index (χ3n) is 8.80. The van der Waals surface area contributed by atoms with Crippen molar-refractivity contribution in [2.45, 2.75) is 32.7 Å². The van der Waals surface area contributed by atoms with Crippen LogP contribution < -0.4 is 20.3 Å². The Morgan fingerprint density at radius 3 is 2.11 bits per heavy atom. The van der Waals surface area contributed by atoms with E-state index in [1.165, 1.54) is 12.1 Å². The van der Waals surface area contributed by atoms with Gasteiger partial charge in [0.05, 0.1) is 56.0 Å². The summed E-state index contributed by atoms with van der Waals surface area (Å²) in [7, 11) is 0. The predicted molar refractivity (Wildman–Crippen MR) is 206 cm³/mol. The fourth-order valence-electron chi connectivity index (χ4n) is 5.96. The van der Waals surface area contributed by atoms with E-state index in [2.05, 4.69) is 10.3 Å². The molecule has 54 heavy (non-hydrogen) atoms. The van der Waals surface area contributed by atoms with Crippen molar-refractivity contribution in [2.24, 2.45) is 0 Å². The molecule has 0 aliphatic heterocycles. The van der Waals surface area contributed by atoms with Gasteiger partial charge in [0, 0.05) is 35.5 Å². The maximum absolute atomic E-state index is 12.6. The zero-order chi connectivity index (χ0) is 37.1. The summed E-state index contributed by atoms with van der Waals surface area (Å²) in [5.41, 5.74) is 4.51. The maximum atomic E-state index is 12.6. The van der Waals surface area contributed by atoms with Crippen molar-refractivity contribution in [3.63, 3.8) is 0 Å². The van der Waals surface area contributed by atoms with Gasteiger partial charge in [0.2, 0.25) is 0 Å². The summed E-state index contributed by atoms with van der Waals surface area (Å²) in [6.07, 6.45) is 4.47. The fraction of sp³-hybridized carbons (Fsp3) is 0.256. The van der Waals surface area contributed by atoms with Crippen LogP contribution >= 0.6 is 0 Å². The lowest BCUT2D eigenvalue weighted by atomic mass is 10.1. The average Bonchev–Trinajstić information content (AvgIpc) is 3.65. The Labute approximate surface area is 311 Å². The number of ether oxygens (including phenoxy) is 4. The van der Waals surface area contributed by atoms with Gasteiger partial charge in [-0.3, -0.25) is 9.59 Å². The molecule has 4 aromatic carbocycles. The van der Waals surface area contributed by atoms with Crippen LogP contribution in [0.1, 0.15) is 24.1 Å². The number of nitrogens with zero attached hydrogens (tertiary/aromatic N) is 3. The molecule has 0 amide bonds. The quantitative estimate of drug-likeness (QED) is 0.0814. The van der Waals surface area contributed by atoms with Crippen LogP contribution in [0.25, 0.3) is 44.6 Å². The van der Waals surface area contributed by atoms with Gasteiger partial charge in [-0.05, 0) is 74.7 Å². The molecular formula is C43H41N3O8.